The molecule has 1 aliphatic heterocycles. The molecule has 0 aliphatic carbocycles. The molecule has 1 nitrogen and oxygen atoms in total. The largest absolute Gasteiger partial charge is 0.340 e. The van der Waals surface area contributed by atoms with Crippen molar-refractivity contribution >= 4 is 34.7 Å². The van der Waals surface area contributed by atoms with Gasteiger partial charge < -0.3 is 4.90 Å². The van der Waals surface area contributed by atoms with Crippen LogP contribution in [0.15, 0.2) is 71.6 Å². The van der Waals surface area contributed by atoms with Crippen LogP contribution in [0, 0.1) is 24.7 Å². The third-order valence-corrected chi connectivity index (χ3v) is 7.88. The first-order chi connectivity index (χ1) is 14.9. The second-order valence-corrected chi connectivity index (χ2v) is 10.8. The van der Waals surface area contributed by atoms with Crippen LogP contribution in [0.2, 0.25) is 5.02 Å². The third-order valence-electron chi connectivity index (χ3n) is 6.23. The summed E-state index contributed by atoms with van der Waals surface area (Å²) in [5, 5.41) is 0.819. The third kappa shape index (κ3) is 5.13. The molecule has 31 heavy (non-hydrogen) atoms. The lowest BCUT2D eigenvalue weighted by atomic mass is 9.86. The summed E-state index contributed by atoms with van der Waals surface area (Å²) in [6, 6.07) is 23.9. The molecule has 0 amide bonds. The van der Waals surface area contributed by atoms with Gasteiger partial charge in [0.25, 0.3) is 0 Å². The van der Waals surface area contributed by atoms with Crippen molar-refractivity contribution in [2.75, 3.05) is 17.2 Å². The molecule has 162 valence electrons. The highest BCUT2D eigenvalue weighted by Crippen LogP contribution is 2.45. The highest BCUT2D eigenvalue weighted by atomic mass is 35.5. The summed E-state index contributed by atoms with van der Waals surface area (Å²) >= 11 is 8.89. The van der Waals surface area contributed by atoms with Crippen LogP contribution in [0.1, 0.15) is 32.8 Å². The standard InChI is InChI=1S/C28H32ClNS/c1-19(2)13-23-17-30(24-11-6-5-7-12-24)27-16-26(29)25(15-28(27)31-18-21(23)4)22-10-8-9-20(3)14-22/h5-12,14-16,19,21,23H,13,17-18H2,1-4H3. The Kier molecular flexibility index (Phi) is 6.99. The Morgan fingerprint density at radius 1 is 1.03 bits per heavy atom. The van der Waals surface area contributed by atoms with Crippen molar-refractivity contribution in [3.63, 3.8) is 0 Å². The van der Waals surface area contributed by atoms with Crippen LogP contribution >= 0.6 is 23.4 Å². The SMILES string of the molecule is Cc1cccc(-c2cc3c(cc2Cl)N(c2ccccc2)CC(CC(C)C)C(C)CS3)c1. The summed E-state index contributed by atoms with van der Waals surface area (Å²) in [5.41, 5.74) is 6.04. The van der Waals surface area contributed by atoms with Crippen molar-refractivity contribution in [3.05, 3.63) is 77.3 Å². The number of hydrogen-bond donors (Lipinski definition) is 0. The fourth-order valence-electron chi connectivity index (χ4n) is 4.54. The van der Waals surface area contributed by atoms with Crippen molar-refractivity contribution in [2.24, 2.45) is 17.8 Å². The van der Waals surface area contributed by atoms with E-state index in [1.807, 2.05) is 11.8 Å². The van der Waals surface area contributed by atoms with Gasteiger partial charge in [-0.25, -0.2) is 0 Å². The molecule has 3 aromatic rings. The minimum atomic E-state index is 0.649. The van der Waals surface area contributed by atoms with E-state index in [0.717, 1.165) is 22.9 Å². The molecular formula is C28H32ClNS. The number of benzene rings is 3. The summed E-state index contributed by atoms with van der Waals surface area (Å²) in [5.74, 6) is 3.14. The number of thioether (sulfide) groups is 1. The van der Waals surface area contributed by atoms with Crippen LogP contribution in [-0.2, 0) is 0 Å². The molecule has 1 aliphatic rings. The molecule has 0 N–H and O–H groups in total. The predicted octanol–water partition coefficient (Wildman–Crippen LogP) is 8.86. The molecule has 0 spiro atoms. The zero-order valence-corrected chi connectivity index (χ0v) is 20.5. The second kappa shape index (κ2) is 9.71. The number of aryl methyl sites for hydroxylation is 1. The Balaban J connectivity index is 1.82. The van der Waals surface area contributed by atoms with Gasteiger partial charge >= 0.3 is 0 Å². The van der Waals surface area contributed by atoms with Gasteiger partial charge in [-0.2, -0.15) is 0 Å². The van der Waals surface area contributed by atoms with Gasteiger partial charge in [0, 0.05) is 28.4 Å². The summed E-state index contributed by atoms with van der Waals surface area (Å²) < 4.78 is 0. The van der Waals surface area contributed by atoms with E-state index in [-0.39, 0.29) is 0 Å². The second-order valence-electron chi connectivity index (χ2n) is 9.29. The van der Waals surface area contributed by atoms with Gasteiger partial charge in [-0.3, -0.25) is 0 Å². The first-order valence-corrected chi connectivity index (χ1v) is 12.6. The molecule has 2 unspecified atom stereocenters. The number of nitrogens with zero attached hydrogens (tertiary/aromatic N) is 1. The molecule has 0 saturated carbocycles. The Labute approximate surface area is 196 Å². The zero-order valence-electron chi connectivity index (χ0n) is 18.9. The van der Waals surface area contributed by atoms with Gasteiger partial charge in [0.2, 0.25) is 0 Å². The van der Waals surface area contributed by atoms with Crippen LogP contribution in [0.25, 0.3) is 11.1 Å². The number of halogens is 1. The number of para-hydroxylation sites is 1. The van der Waals surface area contributed by atoms with Crippen molar-refractivity contribution < 1.29 is 0 Å². The monoisotopic (exact) mass is 449 g/mol. The first kappa shape index (κ1) is 22.3. The number of rotatable bonds is 4. The highest BCUT2D eigenvalue weighted by molar-refractivity contribution is 7.99. The van der Waals surface area contributed by atoms with Gasteiger partial charge in [0.05, 0.1) is 10.7 Å². The van der Waals surface area contributed by atoms with E-state index in [1.54, 1.807) is 0 Å². The predicted molar refractivity (Wildman–Crippen MR) is 138 cm³/mol. The van der Waals surface area contributed by atoms with Crippen molar-refractivity contribution in [3.8, 4) is 11.1 Å². The van der Waals surface area contributed by atoms with Crippen molar-refractivity contribution in [2.45, 2.75) is 39.0 Å². The van der Waals surface area contributed by atoms with Crippen molar-refractivity contribution in [1.82, 2.24) is 0 Å². The normalized spacial score (nSPS) is 19.1. The quantitative estimate of drug-likeness (QED) is 0.391. The molecule has 0 aromatic heterocycles. The van der Waals surface area contributed by atoms with Crippen LogP contribution in [0.5, 0.6) is 0 Å². The van der Waals surface area contributed by atoms with Gasteiger partial charge in [-0.1, -0.05) is 80.4 Å². The summed E-state index contributed by atoms with van der Waals surface area (Å²) in [7, 11) is 0. The van der Waals surface area contributed by atoms with E-state index >= 15 is 0 Å². The van der Waals surface area contributed by atoms with E-state index in [4.69, 9.17) is 11.6 Å². The lowest BCUT2D eigenvalue weighted by Gasteiger charge is -2.37. The molecule has 0 fully saturated rings. The van der Waals surface area contributed by atoms with E-state index < -0.39 is 0 Å². The molecule has 3 aromatic carbocycles. The number of hydrogen-bond acceptors (Lipinski definition) is 2. The average Bonchev–Trinajstić information content (AvgIpc) is 2.75. The molecule has 0 saturated heterocycles. The molecule has 0 radical (unpaired) electrons. The Morgan fingerprint density at radius 3 is 2.52 bits per heavy atom. The maximum atomic E-state index is 6.91. The fourth-order valence-corrected chi connectivity index (χ4v) is 6.04. The van der Waals surface area contributed by atoms with Gasteiger partial charge in [0.15, 0.2) is 0 Å². The molecule has 0 bridgehead atoms. The van der Waals surface area contributed by atoms with Crippen LogP contribution in [0.4, 0.5) is 11.4 Å². The van der Waals surface area contributed by atoms with E-state index in [0.29, 0.717) is 17.8 Å². The van der Waals surface area contributed by atoms with Gasteiger partial charge in [-0.15, -0.1) is 11.8 Å². The van der Waals surface area contributed by atoms with E-state index in [2.05, 4.69) is 99.3 Å². The smallest absolute Gasteiger partial charge is 0.0564 e. The maximum Gasteiger partial charge on any atom is 0.0564 e. The Bertz CT molecular complexity index is 1030. The van der Waals surface area contributed by atoms with Crippen LogP contribution in [-0.4, -0.2) is 12.3 Å². The Morgan fingerprint density at radius 2 is 1.81 bits per heavy atom. The van der Waals surface area contributed by atoms with E-state index in [9.17, 15) is 0 Å². The summed E-state index contributed by atoms with van der Waals surface area (Å²) in [6.45, 7) is 10.3. The molecular weight excluding hydrogens is 418 g/mol. The number of anilines is 2. The average molecular weight is 450 g/mol. The van der Waals surface area contributed by atoms with Gasteiger partial charge in [0.1, 0.15) is 0 Å². The minimum absolute atomic E-state index is 0.649. The first-order valence-electron chi connectivity index (χ1n) is 11.3. The molecule has 2 atom stereocenters. The van der Waals surface area contributed by atoms with Crippen LogP contribution < -0.4 is 4.90 Å². The highest BCUT2D eigenvalue weighted by Gasteiger charge is 2.28. The number of fused-ring (bicyclic) bond motifs is 1. The Hall–Kier alpha value is -1.90. The lowest BCUT2D eigenvalue weighted by Crippen LogP contribution is -2.32. The fraction of sp³-hybridized carbons (Fsp3) is 0.357. The summed E-state index contributed by atoms with van der Waals surface area (Å²) in [4.78, 5) is 3.82. The van der Waals surface area contributed by atoms with Gasteiger partial charge in [-0.05, 0) is 60.9 Å². The summed E-state index contributed by atoms with van der Waals surface area (Å²) in [6.07, 6.45) is 1.25. The maximum absolute atomic E-state index is 6.91. The van der Waals surface area contributed by atoms with Crippen LogP contribution in [0.3, 0.4) is 0 Å². The van der Waals surface area contributed by atoms with E-state index in [1.165, 1.54) is 33.8 Å². The molecule has 1 heterocycles. The topological polar surface area (TPSA) is 3.24 Å². The lowest BCUT2D eigenvalue weighted by molar-refractivity contribution is 0.327. The zero-order chi connectivity index (χ0) is 22.0. The molecule has 4 rings (SSSR count). The van der Waals surface area contributed by atoms with Crippen molar-refractivity contribution in [1.29, 1.82) is 0 Å². The molecule has 3 heteroatoms. The minimum Gasteiger partial charge on any atom is -0.340 e.